The summed E-state index contributed by atoms with van der Waals surface area (Å²) in [4.78, 5) is 14.4. The summed E-state index contributed by atoms with van der Waals surface area (Å²) in [5.41, 5.74) is 1.34. The lowest BCUT2D eigenvalue weighted by Crippen LogP contribution is -2.51. The summed E-state index contributed by atoms with van der Waals surface area (Å²) >= 11 is 1.38. The molecule has 2 aromatic carbocycles. The normalized spacial score (nSPS) is 29.3. The van der Waals surface area contributed by atoms with Crippen LogP contribution < -0.4 is 15.0 Å². The lowest BCUT2D eigenvalue weighted by molar-refractivity contribution is 0.107. The predicted molar refractivity (Wildman–Crippen MR) is 174 cm³/mol. The van der Waals surface area contributed by atoms with Crippen molar-refractivity contribution in [3.05, 3.63) is 64.5 Å². The number of fused-ring (bicyclic) bond motifs is 5. The van der Waals surface area contributed by atoms with Crippen LogP contribution in [-0.4, -0.2) is 77.2 Å². The molecule has 0 amide bonds. The summed E-state index contributed by atoms with van der Waals surface area (Å²) in [6.07, 6.45) is 9.19. The van der Waals surface area contributed by atoms with Crippen molar-refractivity contribution < 1.29 is 22.3 Å². The molecule has 8 rings (SSSR count). The van der Waals surface area contributed by atoms with Gasteiger partial charge < -0.3 is 15.0 Å². The zero-order chi connectivity index (χ0) is 31.6. The van der Waals surface area contributed by atoms with Gasteiger partial charge in [-0.05, 0) is 61.9 Å². The Morgan fingerprint density at radius 1 is 1.09 bits per heavy atom. The molecule has 0 radical (unpaired) electrons. The third-order valence-electron chi connectivity index (χ3n) is 10.4. The van der Waals surface area contributed by atoms with E-state index in [9.17, 15) is 8.78 Å². The number of rotatable bonds is 6. The van der Waals surface area contributed by atoms with E-state index in [2.05, 4.69) is 20.1 Å². The number of piperazine rings is 1. The van der Waals surface area contributed by atoms with Crippen LogP contribution in [0.1, 0.15) is 55.7 Å². The van der Waals surface area contributed by atoms with Gasteiger partial charge >= 0.3 is 6.01 Å². The van der Waals surface area contributed by atoms with E-state index >= 15 is 8.78 Å². The SMILES string of the molecule is CCc1c(F)ccc2c1SC/C(c1c(F)cc3c(N4CC5CCC(C4)N5)nc(OC[C@@]45CCCN4C[C@H](F)C5)nc3c1F)=C\C=C/2. The molecule has 5 aliphatic heterocycles. The second-order valence-electron chi connectivity index (χ2n) is 13.3. The number of benzene rings is 2. The highest BCUT2D eigenvalue weighted by atomic mass is 32.2. The average molecular weight is 652 g/mol. The molecular formula is C35H37F4N5OS. The second-order valence-corrected chi connectivity index (χ2v) is 14.3. The number of hydrogen-bond donors (Lipinski definition) is 1. The number of aromatic nitrogens is 2. The molecule has 6 heterocycles. The largest absolute Gasteiger partial charge is 0.461 e. The van der Waals surface area contributed by atoms with E-state index in [1.807, 2.05) is 13.0 Å². The van der Waals surface area contributed by atoms with E-state index in [-0.39, 0.29) is 47.4 Å². The summed E-state index contributed by atoms with van der Waals surface area (Å²) in [5.74, 6) is -1.05. The molecule has 0 aliphatic carbocycles. The van der Waals surface area contributed by atoms with Crippen LogP contribution in [0.2, 0.25) is 0 Å². The Balaban J connectivity index is 1.19. The number of ether oxygens (including phenoxy) is 1. The third-order valence-corrected chi connectivity index (χ3v) is 11.7. The maximum absolute atomic E-state index is 16.7. The molecule has 6 nitrogen and oxygen atoms in total. The highest BCUT2D eigenvalue weighted by Crippen LogP contribution is 2.42. The van der Waals surface area contributed by atoms with E-state index in [0.717, 1.165) is 42.7 Å². The Kier molecular flexibility index (Phi) is 7.76. The number of halogens is 4. The monoisotopic (exact) mass is 651 g/mol. The zero-order valence-corrected chi connectivity index (χ0v) is 26.6. The third kappa shape index (κ3) is 5.19. The molecule has 1 N–H and O–H groups in total. The molecule has 4 fully saturated rings. The molecule has 0 saturated carbocycles. The Morgan fingerprint density at radius 2 is 1.91 bits per heavy atom. The van der Waals surface area contributed by atoms with Gasteiger partial charge in [-0.15, -0.1) is 11.8 Å². The minimum absolute atomic E-state index is 0.00419. The smallest absolute Gasteiger partial charge is 0.319 e. The highest BCUT2D eigenvalue weighted by Gasteiger charge is 2.49. The lowest BCUT2D eigenvalue weighted by Gasteiger charge is -2.34. The van der Waals surface area contributed by atoms with Gasteiger partial charge in [0.15, 0.2) is 5.82 Å². The minimum Gasteiger partial charge on any atom is -0.461 e. The van der Waals surface area contributed by atoms with Crippen molar-refractivity contribution in [1.29, 1.82) is 0 Å². The fourth-order valence-corrected chi connectivity index (χ4v) is 9.51. The lowest BCUT2D eigenvalue weighted by atomic mass is 9.95. The summed E-state index contributed by atoms with van der Waals surface area (Å²) in [6.45, 7) is 4.66. The van der Waals surface area contributed by atoms with Gasteiger partial charge in [-0.1, -0.05) is 31.2 Å². The van der Waals surface area contributed by atoms with Crippen molar-refractivity contribution in [3.63, 3.8) is 0 Å². The van der Waals surface area contributed by atoms with E-state index in [4.69, 9.17) is 9.72 Å². The van der Waals surface area contributed by atoms with Gasteiger partial charge in [0.2, 0.25) is 0 Å². The van der Waals surface area contributed by atoms with Crippen LogP contribution >= 0.6 is 11.8 Å². The molecule has 2 unspecified atom stereocenters. The number of nitrogens with zero attached hydrogens (tertiary/aromatic N) is 4. The number of thioether (sulfide) groups is 1. The molecule has 11 heteroatoms. The molecule has 5 aliphatic rings. The molecule has 4 atom stereocenters. The number of hydrogen-bond acceptors (Lipinski definition) is 7. The number of nitrogens with one attached hydrogen (secondary N) is 1. The van der Waals surface area contributed by atoms with Gasteiger partial charge in [0.1, 0.15) is 35.7 Å². The van der Waals surface area contributed by atoms with Crippen LogP contribution in [-0.2, 0) is 6.42 Å². The number of anilines is 1. The molecule has 0 spiro atoms. The fourth-order valence-electron chi connectivity index (χ4n) is 8.25. The topological polar surface area (TPSA) is 53.5 Å². The number of allylic oxidation sites excluding steroid dienone is 2. The molecule has 4 saturated heterocycles. The maximum Gasteiger partial charge on any atom is 0.319 e. The van der Waals surface area contributed by atoms with Gasteiger partial charge in [-0.3, -0.25) is 4.90 Å². The molecule has 3 aromatic rings. The highest BCUT2D eigenvalue weighted by molar-refractivity contribution is 7.99. The fraction of sp³-hybridized carbons (Fsp3) is 0.486. The zero-order valence-electron chi connectivity index (χ0n) is 25.8. The maximum atomic E-state index is 16.7. The first-order chi connectivity index (χ1) is 22.3. The van der Waals surface area contributed by atoms with E-state index in [0.29, 0.717) is 54.8 Å². The standard InChI is InChI=1S/C35H37F4N5OS/c1-2-25-27(37)10-7-20-5-3-6-21(18-46-32(20)25)29-28(38)13-26-31(30(29)39)41-34(42-33(26)43-16-23-8-9-24(17-43)40-23)45-19-35-11-4-12-44(35)15-22(36)14-35/h3,5-7,10,13,22-24,40H,2,4,8-9,11-12,14-19H2,1H3/b5-3-,21-6+/t22-,23?,24?,35+/m1/s1. The van der Waals surface area contributed by atoms with Crippen LogP contribution in [0.3, 0.4) is 0 Å². The van der Waals surface area contributed by atoms with Gasteiger partial charge in [0.25, 0.3) is 0 Å². The first kappa shape index (κ1) is 30.2. The molecule has 2 bridgehead atoms. The van der Waals surface area contributed by atoms with Gasteiger partial charge in [0, 0.05) is 59.7 Å². The molecular weight excluding hydrogens is 614 g/mol. The van der Waals surface area contributed by atoms with Crippen LogP contribution in [0.4, 0.5) is 23.4 Å². The van der Waals surface area contributed by atoms with Crippen LogP contribution in [0.15, 0.2) is 35.2 Å². The average Bonchev–Trinajstić information content (AvgIpc) is 3.68. The van der Waals surface area contributed by atoms with Crippen molar-refractivity contribution in [2.75, 3.05) is 43.4 Å². The van der Waals surface area contributed by atoms with E-state index < -0.39 is 23.3 Å². The van der Waals surface area contributed by atoms with Gasteiger partial charge in [-0.25, -0.2) is 17.6 Å². The minimum atomic E-state index is -0.905. The van der Waals surface area contributed by atoms with Crippen LogP contribution in [0.25, 0.3) is 22.6 Å². The summed E-state index contributed by atoms with van der Waals surface area (Å²) in [6, 6.07) is 5.11. The van der Waals surface area contributed by atoms with Crippen LogP contribution in [0.5, 0.6) is 6.01 Å². The predicted octanol–water partition coefficient (Wildman–Crippen LogP) is 6.71. The van der Waals surface area contributed by atoms with Crippen molar-refractivity contribution in [2.45, 2.75) is 74.1 Å². The Labute approximate surface area is 270 Å². The van der Waals surface area contributed by atoms with E-state index in [1.54, 1.807) is 18.2 Å². The van der Waals surface area contributed by atoms with Crippen molar-refractivity contribution in [2.24, 2.45) is 0 Å². The first-order valence-corrected chi connectivity index (χ1v) is 17.3. The molecule has 242 valence electrons. The summed E-state index contributed by atoms with van der Waals surface area (Å²) < 4.78 is 68.2. The van der Waals surface area contributed by atoms with Crippen molar-refractivity contribution in [3.8, 4) is 6.01 Å². The van der Waals surface area contributed by atoms with Gasteiger partial charge in [-0.2, -0.15) is 9.97 Å². The quantitative estimate of drug-likeness (QED) is 0.298. The Bertz CT molecular complexity index is 1750. The molecule has 46 heavy (non-hydrogen) atoms. The molecule has 1 aromatic heterocycles. The van der Waals surface area contributed by atoms with Crippen molar-refractivity contribution >= 4 is 40.1 Å². The van der Waals surface area contributed by atoms with Crippen LogP contribution in [0, 0.1) is 17.5 Å². The summed E-state index contributed by atoms with van der Waals surface area (Å²) in [5, 5.41) is 3.90. The van der Waals surface area contributed by atoms with E-state index in [1.165, 1.54) is 23.9 Å². The Hall–Kier alpha value is -3.15. The second kappa shape index (κ2) is 11.8. The summed E-state index contributed by atoms with van der Waals surface area (Å²) in [7, 11) is 0. The first-order valence-electron chi connectivity index (χ1n) is 16.4. The van der Waals surface area contributed by atoms with Gasteiger partial charge in [0.05, 0.1) is 11.1 Å². The van der Waals surface area contributed by atoms with Crippen molar-refractivity contribution in [1.82, 2.24) is 20.2 Å². The number of alkyl halides is 1. The Morgan fingerprint density at radius 3 is 2.72 bits per heavy atom.